The van der Waals surface area contributed by atoms with E-state index in [1.54, 1.807) is 80.3 Å². The predicted octanol–water partition coefficient (Wildman–Crippen LogP) is 6.33. The first-order chi connectivity index (χ1) is 25.7. The molecular formula is C36H57ClN5O12P. The Balaban J connectivity index is 1.46. The van der Waals surface area contributed by atoms with Crippen LogP contribution in [-0.2, 0) is 46.8 Å². The molecule has 3 fully saturated rings. The van der Waals surface area contributed by atoms with Crippen LogP contribution in [0.3, 0.4) is 0 Å². The molecule has 0 radical (unpaired) electrons. The van der Waals surface area contributed by atoms with Gasteiger partial charge in [0.1, 0.15) is 29.5 Å². The summed E-state index contributed by atoms with van der Waals surface area (Å²) >= 11 is 6.56. The highest BCUT2D eigenvalue weighted by atomic mass is 35.5. The minimum absolute atomic E-state index is 0.0680. The van der Waals surface area contributed by atoms with Crippen molar-refractivity contribution in [1.82, 2.24) is 19.7 Å². The average Bonchev–Trinajstić information content (AvgIpc) is 3.84. The molecule has 17 nitrogen and oxygen atoms in total. The van der Waals surface area contributed by atoms with E-state index in [1.807, 2.05) is 0 Å². The Hall–Kier alpha value is -2.47. The quantitative estimate of drug-likeness (QED) is 0.119. The number of rotatable bonds is 15. The molecule has 2 saturated heterocycles. The van der Waals surface area contributed by atoms with Gasteiger partial charge < -0.3 is 42.6 Å². The molecule has 2 aromatic rings. The lowest BCUT2D eigenvalue weighted by Crippen LogP contribution is -2.43. The Morgan fingerprint density at radius 3 is 2.24 bits per heavy atom. The van der Waals surface area contributed by atoms with Crippen LogP contribution in [0.1, 0.15) is 108 Å². The first-order valence-electron chi connectivity index (χ1n) is 19.0. The monoisotopic (exact) mass is 817 g/mol. The van der Waals surface area contributed by atoms with Gasteiger partial charge in [0, 0.05) is 12.5 Å². The number of hydrogen-bond donors (Lipinski definition) is 1. The number of ether oxygens (including phenoxy) is 6. The van der Waals surface area contributed by atoms with E-state index in [-0.39, 0.29) is 43.4 Å². The van der Waals surface area contributed by atoms with Crippen LogP contribution in [0, 0.1) is 0 Å². The molecule has 55 heavy (non-hydrogen) atoms. The van der Waals surface area contributed by atoms with Crippen molar-refractivity contribution in [3.8, 4) is 0 Å². The number of fused-ring (bicyclic) bond motifs is 2. The van der Waals surface area contributed by atoms with Crippen LogP contribution in [0.15, 0.2) is 6.20 Å². The number of aliphatic hydroxyl groups is 1. The van der Waals surface area contributed by atoms with E-state index in [0.717, 1.165) is 25.7 Å². The molecule has 1 saturated carbocycles. The molecule has 5 rings (SSSR count). The maximum Gasteiger partial charge on any atom is 0.416 e. The van der Waals surface area contributed by atoms with E-state index >= 15 is 0 Å². The van der Waals surface area contributed by atoms with Gasteiger partial charge in [-0.3, -0.25) is 9.46 Å². The Morgan fingerprint density at radius 2 is 1.65 bits per heavy atom. The molecule has 6 atom stereocenters. The van der Waals surface area contributed by atoms with Crippen molar-refractivity contribution in [1.29, 1.82) is 0 Å². The largest absolute Gasteiger partial charge is 0.458 e. The smallest absolute Gasteiger partial charge is 0.416 e. The van der Waals surface area contributed by atoms with Gasteiger partial charge in [-0.1, -0.05) is 12.8 Å². The molecule has 4 heterocycles. The summed E-state index contributed by atoms with van der Waals surface area (Å²) < 4.78 is 63.1. The molecule has 19 heteroatoms. The van der Waals surface area contributed by atoms with Crippen molar-refractivity contribution >= 4 is 48.1 Å². The number of esters is 1. The van der Waals surface area contributed by atoms with Crippen molar-refractivity contribution in [3.63, 3.8) is 0 Å². The Morgan fingerprint density at radius 1 is 1.04 bits per heavy atom. The zero-order valence-corrected chi connectivity index (χ0v) is 35.1. The summed E-state index contributed by atoms with van der Waals surface area (Å²) in [6.45, 7) is 16.8. The summed E-state index contributed by atoms with van der Waals surface area (Å²) in [6, 6.07) is -0.160. The first kappa shape index (κ1) is 43.6. The van der Waals surface area contributed by atoms with Gasteiger partial charge in [-0.05, 0) is 93.7 Å². The van der Waals surface area contributed by atoms with E-state index in [1.165, 1.54) is 4.68 Å². The summed E-state index contributed by atoms with van der Waals surface area (Å²) in [5.74, 6) is -1.48. The van der Waals surface area contributed by atoms with Gasteiger partial charge in [0.25, 0.3) is 0 Å². The number of aromatic nitrogens is 4. The number of aliphatic hydroxyl groups excluding tert-OH is 1. The second kappa shape index (κ2) is 17.2. The number of anilines is 1. The molecule has 310 valence electrons. The van der Waals surface area contributed by atoms with E-state index in [0.29, 0.717) is 11.0 Å². The first-order valence-corrected chi connectivity index (χ1v) is 21.0. The van der Waals surface area contributed by atoms with Crippen LogP contribution in [0.4, 0.5) is 10.6 Å². The highest BCUT2D eigenvalue weighted by Gasteiger charge is 2.57. The fourth-order valence-corrected chi connectivity index (χ4v) is 9.12. The molecule has 1 amide bonds. The van der Waals surface area contributed by atoms with Crippen LogP contribution in [-0.4, -0.2) is 116 Å². The lowest BCUT2D eigenvalue weighted by atomic mass is 10.1. The summed E-state index contributed by atoms with van der Waals surface area (Å²) in [5.41, 5.74) is -2.42. The Kier molecular flexibility index (Phi) is 13.6. The third-order valence-electron chi connectivity index (χ3n) is 9.17. The predicted molar refractivity (Wildman–Crippen MR) is 201 cm³/mol. The van der Waals surface area contributed by atoms with Gasteiger partial charge in [0.05, 0.1) is 43.7 Å². The number of carbonyl (C=O) groups excluding carboxylic acids is 2. The lowest BCUT2D eigenvalue weighted by molar-refractivity contribution is -0.207. The van der Waals surface area contributed by atoms with Gasteiger partial charge in [0.2, 0.25) is 5.28 Å². The van der Waals surface area contributed by atoms with Gasteiger partial charge >= 0.3 is 19.7 Å². The zero-order chi connectivity index (χ0) is 40.5. The fourth-order valence-electron chi connectivity index (χ4n) is 7.10. The van der Waals surface area contributed by atoms with Crippen LogP contribution in [0.5, 0.6) is 0 Å². The summed E-state index contributed by atoms with van der Waals surface area (Å²) in [6.07, 6.45) is -0.217. The van der Waals surface area contributed by atoms with Crippen LogP contribution in [0.25, 0.3) is 11.0 Å². The van der Waals surface area contributed by atoms with Gasteiger partial charge in [-0.15, -0.1) is 0 Å². The minimum atomic E-state index is -3.84. The SMILES string of the molecule is CCOP(=O)(OCC)C(CO)CC(OC[C@H]1O[C@@H](n2ncc3c(N(C(=O)OC(C)(C)C)C4CCCC4)nc(Cl)nc32)[C@@H]2OC(C)(C)O[C@@H]21)C(=O)OC(C)(C)C. The molecular weight excluding hydrogens is 761 g/mol. The van der Waals surface area contributed by atoms with E-state index in [9.17, 15) is 19.3 Å². The molecule has 1 N–H and O–H groups in total. The molecule has 0 spiro atoms. The third kappa shape index (κ3) is 10.3. The Bertz CT molecular complexity index is 1700. The summed E-state index contributed by atoms with van der Waals surface area (Å²) in [4.78, 5) is 37.8. The van der Waals surface area contributed by atoms with Crippen LogP contribution in [0.2, 0.25) is 5.28 Å². The number of amides is 1. The molecule has 2 aliphatic heterocycles. The summed E-state index contributed by atoms with van der Waals surface area (Å²) in [7, 11) is -3.84. The normalized spacial score (nSPS) is 24.2. The molecule has 0 aromatic carbocycles. The molecule has 3 aliphatic rings. The fraction of sp³-hybridized carbons (Fsp3) is 0.806. The van der Waals surface area contributed by atoms with Gasteiger partial charge in [-0.2, -0.15) is 15.1 Å². The van der Waals surface area contributed by atoms with Gasteiger partial charge in [-0.25, -0.2) is 14.3 Å². The van der Waals surface area contributed by atoms with Gasteiger partial charge in [0.15, 0.2) is 29.6 Å². The number of halogens is 1. The number of nitrogens with zero attached hydrogens (tertiary/aromatic N) is 5. The van der Waals surface area contributed by atoms with Crippen molar-refractivity contribution in [2.45, 2.75) is 161 Å². The maximum absolute atomic E-state index is 13.7. The second-order valence-electron chi connectivity index (χ2n) is 16.4. The van der Waals surface area contributed by atoms with E-state index in [4.69, 9.17) is 49.1 Å². The van der Waals surface area contributed by atoms with Crippen LogP contribution < -0.4 is 4.90 Å². The van der Waals surface area contributed by atoms with Crippen molar-refractivity contribution in [2.24, 2.45) is 0 Å². The molecule has 1 aliphatic carbocycles. The van der Waals surface area contributed by atoms with Crippen LogP contribution >= 0.6 is 19.2 Å². The van der Waals surface area contributed by atoms with Crippen molar-refractivity contribution in [2.75, 3.05) is 31.3 Å². The molecule has 0 bridgehead atoms. The highest BCUT2D eigenvalue weighted by Crippen LogP contribution is 2.54. The zero-order valence-electron chi connectivity index (χ0n) is 33.5. The topological polar surface area (TPSA) is 192 Å². The van der Waals surface area contributed by atoms with E-state index in [2.05, 4.69) is 15.1 Å². The van der Waals surface area contributed by atoms with Crippen molar-refractivity contribution in [3.05, 3.63) is 11.5 Å². The number of hydrogen-bond acceptors (Lipinski definition) is 15. The second-order valence-corrected chi connectivity index (χ2v) is 19.0. The average molecular weight is 818 g/mol. The third-order valence-corrected chi connectivity index (χ3v) is 11.8. The lowest BCUT2D eigenvalue weighted by Gasteiger charge is -2.31. The number of carbonyl (C=O) groups is 2. The minimum Gasteiger partial charge on any atom is -0.458 e. The van der Waals surface area contributed by atoms with E-state index < -0.39 is 79.6 Å². The highest BCUT2D eigenvalue weighted by molar-refractivity contribution is 7.54. The summed E-state index contributed by atoms with van der Waals surface area (Å²) in [5, 5.41) is 15.3. The maximum atomic E-state index is 13.7. The molecule has 2 aromatic heterocycles. The van der Waals surface area contributed by atoms with Crippen molar-refractivity contribution < 1.29 is 56.7 Å². The molecule has 2 unspecified atom stereocenters. The Labute approximate surface area is 327 Å². The standard InChI is InChI=1S/C36H57ClN5O12P/c1-11-48-55(46,49-12-2)22(19-43)17-24(31(44)53-34(3,4)5)47-20-25-26-27(52-36(9,10)51-26)30(50-25)42-29-23(18-38-42)28(39-32(37)40-29)41(21-15-13-14-16-21)33(45)54-35(6,7)8/h18,21-22,24-27,30,43H,11-17,19-20H2,1-10H3/t22?,24?,25-,26-,27-,30-/m1/s1.